The van der Waals surface area contributed by atoms with Crippen LogP contribution in [0.15, 0.2) is 179 Å². The number of nitrogens with zero attached hydrogens (tertiary/aromatic N) is 4. The van der Waals surface area contributed by atoms with E-state index in [0.29, 0.717) is 17.5 Å². The predicted molar refractivity (Wildman–Crippen MR) is 243 cm³/mol. The molecule has 1 aliphatic carbocycles. The Balaban J connectivity index is 1.02. The SMILES string of the molecule is CC1(C)c2ccccc2-c2cc3c4ccccc4n(-c4ccc5oc6cc7oc8cccc(-c9nc(-c%10ccccc%10)nc(-c%10ccccc%10)n9)c8c7cc6c5c4)c3cc21. The molecule has 0 bridgehead atoms. The van der Waals surface area contributed by atoms with Gasteiger partial charge in [0.05, 0.1) is 11.0 Å². The number of fused-ring (bicyclic) bond motifs is 12. The average Bonchev–Trinajstić information content (AvgIpc) is 4.01. The molecule has 0 N–H and O–H groups in total. The van der Waals surface area contributed by atoms with Crippen LogP contribution in [-0.2, 0) is 5.41 Å². The lowest BCUT2D eigenvalue weighted by Crippen LogP contribution is -2.14. The van der Waals surface area contributed by atoms with Crippen LogP contribution in [0.25, 0.3) is 117 Å². The van der Waals surface area contributed by atoms with Crippen LogP contribution in [0.4, 0.5) is 0 Å². The Morgan fingerprint density at radius 1 is 0.400 bits per heavy atom. The lowest BCUT2D eigenvalue weighted by Gasteiger charge is -2.21. The van der Waals surface area contributed by atoms with Crippen LogP contribution in [-0.4, -0.2) is 19.5 Å². The Kier molecular flexibility index (Phi) is 6.69. The number of furan rings is 2. The molecule has 282 valence electrons. The Morgan fingerprint density at radius 3 is 1.85 bits per heavy atom. The van der Waals surface area contributed by atoms with Crippen molar-refractivity contribution in [2.45, 2.75) is 19.3 Å². The van der Waals surface area contributed by atoms with E-state index in [-0.39, 0.29) is 5.41 Å². The number of hydrogen-bond donors (Lipinski definition) is 0. The van der Waals surface area contributed by atoms with Gasteiger partial charge in [-0.25, -0.2) is 15.0 Å². The van der Waals surface area contributed by atoms with Crippen molar-refractivity contribution in [2.24, 2.45) is 0 Å². The topological polar surface area (TPSA) is 69.9 Å². The van der Waals surface area contributed by atoms with Gasteiger partial charge in [-0.1, -0.05) is 129 Å². The zero-order chi connectivity index (χ0) is 39.7. The Morgan fingerprint density at radius 2 is 1.05 bits per heavy atom. The minimum Gasteiger partial charge on any atom is -0.456 e. The maximum Gasteiger partial charge on any atom is 0.164 e. The highest BCUT2D eigenvalue weighted by Gasteiger charge is 2.36. The van der Waals surface area contributed by atoms with Gasteiger partial charge < -0.3 is 13.4 Å². The summed E-state index contributed by atoms with van der Waals surface area (Å²) in [6, 6.07) is 59.5. The molecule has 0 atom stereocenters. The molecule has 13 rings (SSSR count). The predicted octanol–water partition coefficient (Wildman–Crippen LogP) is 14.1. The highest BCUT2D eigenvalue weighted by molar-refractivity contribution is 6.19. The van der Waals surface area contributed by atoms with Crippen molar-refractivity contribution >= 4 is 65.7 Å². The van der Waals surface area contributed by atoms with Gasteiger partial charge in [-0.05, 0) is 70.8 Å². The fourth-order valence-corrected chi connectivity index (χ4v) is 9.78. The summed E-state index contributed by atoms with van der Waals surface area (Å²) in [6.45, 7) is 4.69. The minimum absolute atomic E-state index is 0.114. The van der Waals surface area contributed by atoms with E-state index in [0.717, 1.165) is 66.3 Å². The molecule has 12 aromatic rings. The number of hydrogen-bond acceptors (Lipinski definition) is 5. The van der Waals surface area contributed by atoms with Crippen molar-refractivity contribution in [1.82, 2.24) is 19.5 Å². The van der Waals surface area contributed by atoms with Gasteiger partial charge in [-0.2, -0.15) is 0 Å². The third kappa shape index (κ3) is 4.67. The van der Waals surface area contributed by atoms with Crippen LogP contribution in [0.2, 0.25) is 0 Å². The second kappa shape index (κ2) is 12.1. The molecule has 0 saturated heterocycles. The lowest BCUT2D eigenvalue weighted by molar-refractivity contribution is 0.656. The van der Waals surface area contributed by atoms with Crippen molar-refractivity contribution in [1.29, 1.82) is 0 Å². The second-order valence-corrected chi connectivity index (χ2v) is 16.4. The van der Waals surface area contributed by atoms with Crippen molar-refractivity contribution in [3.63, 3.8) is 0 Å². The van der Waals surface area contributed by atoms with Gasteiger partial charge in [0, 0.05) is 66.2 Å². The van der Waals surface area contributed by atoms with Crippen LogP contribution in [0, 0.1) is 0 Å². The van der Waals surface area contributed by atoms with E-state index < -0.39 is 0 Å². The number of benzene rings is 8. The first-order valence-electron chi connectivity index (χ1n) is 20.3. The molecule has 0 unspecified atom stereocenters. The van der Waals surface area contributed by atoms with Crippen LogP contribution in [0.1, 0.15) is 25.0 Å². The summed E-state index contributed by atoms with van der Waals surface area (Å²) in [5.74, 6) is 1.81. The summed E-state index contributed by atoms with van der Waals surface area (Å²) in [4.78, 5) is 15.1. The monoisotopic (exact) mass is 770 g/mol. The first-order chi connectivity index (χ1) is 29.5. The molecule has 0 aliphatic heterocycles. The molecule has 1 aliphatic rings. The molecule has 4 aromatic heterocycles. The van der Waals surface area contributed by atoms with E-state index in [1.54, 1.807) is 0 Å². The summed E-state index contributed by atoms with van der Waals surface area (Å²) in [6.07, 6.45) is 0. The third-order valence-corrected chi connectivity index (χ3v) is 12.6. The first-order valence-corrected chi connectivity index (χ1v) is 20.3. The molecular formula is C54H34N4O2. The highest BCUT2D eigenvalue weighted by Crippen LogP contribution is 2.51. The molecule has 0 radical (unpaired) electrons. The number of aromatic nitrogens is 4. The lowest BCUT2D eigenvalue weighted by atomic mass is 9.82. The summed E-state index contributed by atoms with van der Waals surface area (Å²) >= 11 is 0. The summed E-state index contributed by atoms with van der Waals surface area (Å²) in [5.41, 5.74) is 14.5. The van der Waals surface area contributed by atoms with Gasteiger partial charge in [0.1, 0.15) is 22.3 Å². The Bertz CT molecular complexity index is 3690. The van der Waals surface area contributed by atoms with Crippen LogP contribution < -0.4 is 0 Å². The quantitative estimate of drug-likeness (QED) is 0.178. The largest absolute Gasteiger partial charge is 0.456 e. The zero-order valence-electron chi connectivity index (χ0n) is 32.8. The molecule has 60 heavy (non-hydrogen) atoms. The van der Waals surface area contributed by atoms with Gasteiger partial charge in [0.25, 0.3) is 0 Å². The van der Waals surface area contributed by atoms with Gasteiger partial charge in [-0.3, -0.25) is 0 Å². The summed E-state index contributed by atoms with van der Waals surface area (Å²) in [5, 5.41) is 6.45. The summed E-state index contributed by atoms with van der Waals surface area (Å²) < 4.78 is 15.6. The maximum absolute atomic E-state index is 6.57. The van der Waals surface area contributed by atoms with Gasteiger partial charge in [0.15, 0.2) is 17.5 Å². The van der Waals surface area contributed by atoms with Gasteiger partial charge in [0.2, 0.25) is 0 Å². The van der Waals surface area contributed by atoms with Crippen molar-refractivity contribution in [3.05, 3.63) is 181 Å². The van der Waals surface area contributed by atoms with Crippen LogP contribution >= 0.6 is 0 Å². The standard InChI is InChI=1S/C54H34N4O2/c1-54(2)42-21-11-9-18-34(42)37-27-38-35-19-10-12-22-44(35)58(45(38)29-43(37)54)33-24-25-46-39(26-33)40-28-41-49(30-48(40)59-46)60-47-23-13-20-36(50(41)47)53-56-51(31-14-5-3-6-15-31)55-52(57-53)32-16-7-4-8-17-32/h3-30H,1-2H3. The molecule has 8 aromatic carbocycles. The fourth-order valence-electron chi connectivity index (χ4n) is 9.78. The van der Waals surface area contributed by atoms with Gasteiger partial charge >= 0.3 is 0 Å². The molecule has 0 saturated carbocycles. The Labute approximate surface area is 344 Å². The van der Waals surface area contributed by atoms with Crippen LogP contribution in [0.3, 0.4) is 0 Å². The fraction of sp³-hybridized carbons (Fsp3) is 0.0556. The van der Waals surface area contributed by atoms with E-state index in [1.807, 2.05) is 78.9 Å². The maximum atomic E-state index is 6.57. The van der Waals surface area contributed by atoms with E-state index >= 15 is 0 Å². The molecule has 6 nitrogen and oxygen atoms in total. The number of para-hydroxylation sites is 1. The van der Waals surface area contributed by atoms with E-state index in [9.17, 15) is 0 Å². The first kappa shape index (κ1) is 33.2. The average molecular weight is 771 g/mol. The second-order valence-electron chi connectivity index (χ2n) is 16.4. The summed E-state index contributed by atoms with van der Waals surface area (Å²) in [7, 11) is 0. The third-order valence-electron chi connectivity index (χ3n) is 12.6. The Hall–Kier alpha value is -7.83. The van der Waals surface area contributed by atoms with E-state index in [1.165, 1.54) is 44.1 Å². The molecule has 0 amide bonds. The molecule has 0 fully saturated rings. The molecule has 6 heteroatoms. The normalized spacial score (nSPS) is 13.3. The smallest absolute Gasteiger partial charge is 0.164 e. The van der Waals surface area contributed by atoms with Crippen molar-refractivity contribution in [3.8, 4) is 51.0 Å². The number of rotatable bonds is 4. The van der Waals surface area contributed by atoms with Crippen LogP contribution in [0.5, 0.6) is 0 Å². The van der Waals surface area contributed by atoms with Crippen molar-refractivity contribution in [2.75, 3.05) is 0 Å². The van der Waals surface area contributed by atoms with Gasteiger partial charge in [-0.15, -0.1) is 0 Å². The minimum atomic E-state index is -0.114. The highest BCUT2D eigenvalue weighted by atomic mass is 16.3. The molecule has 0 spiro atoms. The zero-order valence-corrected chi connectivity index (χ0v) is 32.8. The van der Waals surface area contributed by atoms with Crippen molar-refractivity contribution < 1.29 is 8.83 Å². The molecular weight excluding hydrogens is 737 g/mol. The van der Waals surface area contributed by atoms with E-state index in [2.05, 4.69) is 109 Å². The van der Waals surface area contributed by atoms with E-state index in [4.69, 9.17) is 23.8 Å². The molecule has 4 heterocycles.